The lowest BCUT2D eigenvalue weighted by atomic mass is 10.2. The number of nitrogens with zero attached hydrogens (tertiary/aromatic N) is 3. The Hall–Kier alpha value is -3.08. The predicted molar refractivity (Wildman–Crippen MR) is 101 cm³/mol. The van der Waals surface area contributed by atoms with Crippen molar-refractivity contribution in [3.63, 3.8) is 0 Å². The van der Waals surface area contributed by atoms with Crippen molar-refractivity contribution in [2.75, 3.05) is 24.4 Å². The fourth-order valence-electron chi connectivity index (χ4n) is 2.59. The lowest BCUT2D eigenvalue weighted by Crippen LogP contribution is -2.19. The molecule has 0 saturated heterocycles. The van der Waals surface area contributed by atoms with Crippen LogP contribution in [0.3, 0.4) is 0 Å². The molecule has 0 aliphatic heterocycles. The highest BCUT2D eigenvalue weighted by Crippen LogP contribution is 2.19. The average Bonchev–Trinajstić information content (AvgIpc) is 2.67. The number of aromatic nitrogens is 2. The molecule has 2 aromatic carbocycles. The van der Waals surface area contributed by atoms with Crippen LogP contribution < -0.4 is 15.0 Å². The number of nitrogens with one attached hydrogen (secondary N) is 1. The standard InChI is InChI=1S/C20H22N4O/c1-24(15-16-8-4-3-5-9-16)20-21-13-12-19(23-20)22-14-17-10-6-7-11-18(17)25-2/h3-13H,14-15H2,1-2H3,(H,21,22,23). The first kappa shape index (κ1) is 16.8. The Morgan fingerprint density at radius 3 is 2.56 bits per heavy atom. The number of methoxy groups -OCH3 is 1. The summed E-state index contributed by atoms with van der Waals surface area (Å²) in [7, 11) is 3.67. The Morgan fingerprint density at radius 1 is 1.00 bits per heavy atom. The van der Waals surface area contributed by atoms with Crippen LogP contribution in [-0.2, 0) is 13.1 Å². The van der Waals surface area contributed by atoms with Gasteiger partial charge in [0.1, 0.15) is 11.6 Å². The van der Waals surface area contributed by atoms with Crippen LogP contribution in [0.15, 0.2) is 66.9 Å². The zero-order valence-electron chi connectivity index (χ0n) is 14.5. The lowest BCUT2D eigenvalue weighted by molar-refractivity contribution is 0.410. The van der Waals surface area contributed by atoms with E-state index in [1.807, 2.05) is 60.5 Å². The summed E-state index contributed by atoms with van der Waals surface area (Å²) in [6.07, 6.45) is 1.77. The molecular weight excluding hydrogens is 312 g/mol. The van der Waals surface area contributed by atoms with E-state index in [9.17, 15) is 0 Å². The average molecular weight is 334 g/mol. The molecule has 3 rings (SSSR count). The summed E-state index contributed by atoms with van der Waals surface area (Å²) < 4.78 is 5.38. The number of hydrogen-bond acceptors (Lipinski definition) is 5. The minimum atomic E-state index is 0.642. The van der Waals surface area contributed by atoms with Crippen molar-refractivity contribution >= 4 is 11.8 Å². The van der Waals surface area contributed by atoms with Crippen molar-refractivity contribution in [1.29, 1.82) is 0 Å². The van der Waals surface area contributed by atoms with Gasteiger partial charge in [0.05, 0.1) is 7.11 Å². The van der Waals surface area contributed by atoms with Gasteiger partial charge in [-0.2, -0.15) is 4.98 Å². The van der Waals surface area contributed by atoms with E-state index in [2.05, 4.69) is 27.4 Å². The van der Waals surface area contributed by atoms with E-state index >= 15 is 0 Å². The van der Waals surface area contributed by atoms with Gasteiger partial charge in [-0.3, -0.25) is 0 Å². The molecular formula is C20H22N4O. The number of benzene rings is 2. The second-order valence-electron chi connectivity index (χ2n) is 5.75. The summed E-state index contributed by atoms with van der Waals surface area (Å²) in [5.41, 5.74) is 2.31. The van der Waals surface area contributed by atoms with Crippen LogP contribution in [0.1, 0.15) is 11.1 Å². The van der Waals surface area contributed by atoms with Crippen LogP contribution in [-0.4, -0.2) is 24.1 Å². The molecule has 0 radical (unpaired) electrons. The third kappa shape index (κ3) is 4.47. The third-order valence-corrected chi connectivity index (χ3v) is 3.90. The molecule has 0 fully saturated rings. The molecule has 3 aromatic rings. The first-order valence-electron chi connectivity index (χ1n) is 8.20. The van der Waals surface area contributed by atoms with E-state index in [0.29, 0.717) is 12.5 Å². The molecule has 0 amide bonds. The number of anilines is 2. The van der Waals surface area contributed by atoms with E-state index in [0.717, 1.165) is 23.7 Å². The van der Waals surface area contributed by atoms with Crippen molar-refractivity contribution in [3.8, 4) is 5.75 Å². The second kappa shape index (κ2) is 8.15. The SMILES string of the molecule is COc1ccccc1CNc1ccnc(N(C)Cc2ccccc2)n1. The van der Waals surface area contributed by atoms with Gasteiger partial charge in [0, 0.05) is 31.9 Å². The van der Waals surface area contributed by atoms with Crippen LogP contribution in [0, 0.1) is 0 Å². The van der Waals surface area contributed by atoms with Gasteiger partial charge in [0.15, 0.2) is 0 Å². The van der Waals surface area contributed by atoms with Gasteiger partial charge in [0.25, 0.3) is 0 Å². The number of ether oxygens (including phenoxy) is 1. The Bertz CT molecular complexity index is 808. The minimum absolute atomic E-state index is 0.642. The summed E-state index contributed by atoms with van der Waals surface area (Å²) in [5.74, 6) is 2.34. The molecule has 1 heterocycles. The molecule has 0 spiro atoms. The summed E-state index contributed by atoms with van der Waals surface area (Å²) in [6.45, 7) is 1.40. The highest BCUT2D eigenvalue weighted by molar-refractivity contribution is 5.43. The zero-order valence-corrected chi connectivity index (χ0v) is 14.5. The summed E-state index contributed by atoms with van der Waals surface area (Å²) in [6, 6.07) is 20.1. The first-order chi connectivity index (χ1) is 12.3. The second-order valence-corrected chi connectivity index (χ2v) is 5.75. The van der Waals surface area contributed by atoms with Crippen molar-refractivity contribution in [2.45, 2.75) is 13.1 Å². The van der Waals surface area contributed by atoms with Crippen LogP contribution in [0.25, 0.3) is 0 Å². The molecule has 0 unspecified atom stereocenters. The van der Waals surface area contributed by atoms with E-state index in [4.69, 9.17) is 4.74 Å². The Morgan fingerprint density at radius 2 is 1.76 bits per heavy atom. The number of rotatable bonds is 7. The monoisotopic (exact) mass is 334 g/mol. The number of hydrogen-bond donors (Lipinski definition) is 1. The van der Waals surface area contributed by atoms with Crippen molar-refractivity contribution in [3.05, 3.63) is 78.0 Å². The maximum Gasteiger partial charge on any atom is 0.227 e. The molecule has 1 aromatic heterocycles. The Kier molecular flexibility index (Phi) is 5.46. The molecule has 0 aliphatic carbocycles. The molecule has 0 aliphatic rings. The van der Waals surface area contributed by atoms with Gasteiger partial charge in [-0.1, -0.05) is 48.5 Å². The van der Waals surface area contributed by atoms with Crippen LogP contribution >= 0.6 is 0 Å². The van der Waals surface area contributed by atoms with E-state index < -0.39 is 0 Å². The van der Waals surface area contributed by atoms with Crippen LogP contribution in [0.2, 0.25) is 0 Å². The van der Waals surface area contributed by atoms with Crippen molar-refractivity contribution < 1.29 is 4.74 Å². The van der Waals surface area contributed by atoms with Gasteiger partial charge in [-0.15, -0.1) is 0 Å². The van der Waals surface area contributed by atoms with Gasteiger partial charge in [-0.25, -0.2) is 4.98 Å². The van der Waals surface area contributed by atoms with Gasteiger partial charge in [-0.05, 0) is 17.7 Å². The quantitative estimate of drug-likeness (QED) is 0.713. The smallest absolute Gasteiger partial charge is 0.227 e. The summed E-state index contributed by atoms with van der Waals surface area (Å²) >= 11 is 0. The maximum atomic E-state index is 5.38. The van der Waals surface area contributed by atoms with Crippen LogP contribution in [0.5, 0.6) is 5.75 Å². The van der Waals surface area contributed by atoms with Crippen LogP contribution in [0.4, 0.5) is 11.8 Å². The van der Waals surface area contributed by atoms with Crippen molar-refractivity contribution in [1.82, 2.24) is 9.97 Å². The maximum absolute atomic E-state index is 5.38. The summed E-state index contributed by atoms with van der Waals surface area (Å²) in [5, 5.41) is 3.34. The molecule has 25 heavy (non-hydrogen) atoms. The molecule has 1 N–H and O–H groups in total. The fraction of sp³-hybridized carbons (Fsp3) is 0.200. The molecule has 0 saturated carbocycles. The third-order valence-electron chi connectivity index (χ3n) is 3.90. The topological polar surface area (TPSA) is 50.3 Å². The van der Waals surface area contributed by atoms with E-state index in [1.54, 1.807) is 13.3 Å². The molecule has 5 heteroatoms. The molecule has 0 atom stereocenters. The Balaban J connectivity index is 1.67. The molecule has 128 valence electrons. The zero-order chi connectivity index (χ0) is 17.5. The van der Waals surface area contributed by atoms with Crippen molar-refractivity contribution in [2.24, 2.45) is 0 Å². The largest absolute Gasteiger partial charge is 0.496 e. The highest BCUT2D eigenvalue weighted by Gasteiger charge is 2.07. The first-order valence-corrected chi connectivity index (χ1v) is 8.20. The Labute approximate surface area is 148 Å². The summed E-state index contributed by atoms with van der Waals surface area (Å²) in [4.78, 5) is 11.0. The highest BCUT2D eigenvalue weighted by atomic mass is 16.5. The lowest BCUT2D eigenvalue weighted by Gasteiger charge is -2.18. The molecule has 5 nitrogen and oxygen atoms in total. The van der Waals surface area contributed by atoms with Gasteiger partial charge < -0.3 is 15.0 Å². The fourth-order valence-corrected chi connectivity index (χ4v) is 2.59. The predicted octanol–water partition coefficient (Wildman–Crippen LogP) is 3.73. The molecule has 0 bridgehead atoms. The van der Waals surface area contributed by atoms with Gasteiger partial charge in [0.2, 0.25) is 5.95 Å². The number of para-hydroxylation sites is 1. The minimum Gasteiger partial charge on any atom is -0.496 e. The van der Waals surface area contributed by atoms with E-state index in [1.165, 1.54) is 5.56 Å². The van der Waals surface area contributed by atoms with Gasteiger partial charge >= 0.3 is 0 Å². The normalized spacial score (nSPS) is 10.3. The van der Waals surface area contributed by atoms with E-state index in [-0.39, 0.29) is 0 Å².